The zero-order chi connectivity index (χ0) is 15.7. The summed E-state index contributed by atoms with van der Waals surface area (Å²) in [6.45, 7) is 2.52. The quantitative estimate of drug-likeness (QED) is 0.890. The van der Waals surface area contributed by atoms with Crippen LogP contribution in [0.2, 0.25) is 0 Å². The summed E-state index contributed by atoms with van der Waals surface area (Å²) in [6, 6.07) is 10.4. The van der Waals surface area contributed by atoms with Crippen LogP contribution in [0.4, 0.5) is 0 Å². The van der Waals surface area contributed by atoms with Crippen molar-refractivity contribution in [3.8, 4) is 11.3 Å². The maximum absolute atomic E-state index is 11.1. The maximum atomic E-state index is 11.1. The molecule has 5 heteroatoms. The molecule has 1 aromatic carbocycles. The van der Waals surface area contributed by atoms with E-state index in [-0.39, 0.29) is 6.04 Å². The number of nitrogens with zero attached hydrogens (tertiary/aromatic N) is 2. The standard InChI is InChI=1S/C17H21N3O2/c1-17(16(21)22)8-14(9-17)18-10-13-11-20(2)19-15(13)12-6-4-3-5-7-12/h3-7,11,14,18H,8-10H2,1-2H3,(H,21,22). The summed E-state index contributed by atoms with van der Waals surface area (Å²) in [5.41, 5.74) is 2.66. The Bertz CT molecular complexity index is 672. The van der Waals surface area contributed by atoms with Gasteiger partial charge in [-0.1, -0.05) is 30.3 Å². The Morgan fingerprint density at radius 3 is 2.73 bits per heavy atom. The molecule has 1 aliphatic rings. The Labute approximate surface area is 130 Å². The van der Waals surface area contributed by atoms with Crippen molar-refractivity contribution in [1.29, 1.82) is 0 Å². The molecule has 3 rings (SSSR count). The number of carboxylic acids is 1. The minimum atomic E-state index is -0.697. The molecule has 2 N–H and O–H groups in total. The molecule has 116 valence electrons. The van der Waals surface area contributed by atoms with Crippen molar-refractivity contribution < 1.29 is 9.90 Å². The van der Waals surface area contributed by atoms with Crippen molar-refractivity contribution in [2.24, 2.45) is 12.5 Å². The molecule has 0 atom stereocenters. The summed E-state index contributed by atoms with van der Waals surface area (Å²) in [4.78, 5) is 11.1. The smallest absolute Gasteiger partial charge is 0.309 e. The lowest BCUT2D eigenvalue weighted by atomic mass is 9.67. The van der Waals surface area contributed by atoms with Crippen LogP contribution in [0.15, 0.2) is 36.5 Å². The summed E-state index contributed by atoms with van der Waals surface area (Å²) in [7, 11) is 1.92. The molecular weight excluding hydrogens is 278 g/mol. The van der Waals surface area contributed by atoms with Crippen molar-refractivity contribution in [2.75, 3.05) is 0 Å². The predicted octanol–water partition coefficient (Wildman–Crippen LogP) is 2.43. The van der Waals surface area contributed by atoms with E-state index >= 15 is 0 Å². The number of carboxylic acid groups (broad SMARTS) is 1. The van der Waals surface area contributed by atoms with Gasteiger partial charge in [-0.15, -0.1) is 0 Å². The highest BCUT2D eigenvalue weighted by Crippen LogP contribution is 2.41. The topological polar surface area (TPSA) is 67.2 Å². The van der Waals surface area contributed by atoms with Crippen LogP contribution in [0.5, 0.6) is 0 Å². The fraction of sp³-hybridized carbons (Fsp3) is 0.412. The van der Waals surface area contributed by atoms with Gasteiger partial charge in [0.15, 0.2) is 0 Å². The molecule has 1 heterocycles. The van der Waals surface area contributed by atoms with Crippen molar-refractivity contribution in [1.82, 2.24) is 15.1 Å². The van der Waals surface area contributed by atoms with Gasteiger partial charge in [-0.3, -0.25) is 9.48 Å². The molecule has 0 radical (unpaired) electrons. The van der Waals surface area contributed by atoms with Gasteiger partial charge >= 0.3 is 5.97 Å². The maximum Gasteiger partial charge on any atom is 0.309 e. The number of aryl methyl sites for hydroxylation is 1. The lowest BCUT2D eigenvalue weighted by Crippen LogP contribution is -2.51. The van der Waals surface area contributed by atoms with Crippen LogP contribution in [-0.4, -0.2) is 26.9 Å². The predicted molar refractivity (Wildman–Crippen MR) is 84.2 cm³/mol. The molecule has 1 aliphatic carbocycles. The molecule has 2 aromatic rings. The van der Waals surface area contributed by atoms with Gasteiger partial charge in [-0.25, -0.2) is 0 Å². The third kappa shape index (κ3) is 2.76. The van der Waals surface area contributed by atoms with Gasteiger partial charge in [-0.2, -0.15) is 5.10 Å². The molecule has 0 aliphatic heterocycles. The van der Waals surface area contributed by atoms with Crippen molar-refractivity contribution >= 4 is 5.97 Å². The highest BCUT2D eigenvalue weighted by Gasteiger charge is 2.46. The van der Waals surface area contributed by atoms with Gasteiger partial charge in [0.25, 0.3) is 0 Å². The molecule has 0 bridgehead atoms. The zero-order valence-corrected chi connectivity index (χ0v) is 12.9. The van der Waals surface area contributed by atoms with Crippen LogP contribution in [0.25, 0.3) is 11.3 Å². The highest BCUT2D eigenvalue weighted by molar-refractivity contribution is 5.75. The molecule has 0 saturated heterocycles. The van der Waals surface area contributed by atoms with Gasteiger partial charge < -0.3 is 10.4 Å². The number of nitrogens with one attached hydrogen (secondary N) is 1. The summed E-state index contributed by atoms with van der Waals surface area (Å²) in [5.74, 6) is -0.697. The first-order valence-corrected chi connectivity index (χ1v) is 7.53. The van der Waals surface area contributed by atoms with E-state index in [1.54, 1.807) is 0 Å². The monoisotopic (exact) mass is 299 g/mol. The number of aliphatic carboxylic acids is 1. The second-order valence-electron chi connectivity index (χ2n) is 6.39. The molecule has 0 spiro atoms. The fourth-order valence-electron chi connectivity index (χ4n) is 3.11. The number of hydrogen-bond acceptors (Lipinski definition) is 3. The summed E-state index contributed by atoms with van der Waals surface area (Å²) in [5, 5.41) is 17.1. The van der Waals surface area contributed by atoms with E-state index in [1.807, 2.05) is 43.0 Å². The van der Waals surface area contributed by atoms with Crippen LogP contribution in [0.3, 0.4) is 0 Å². The van der Waals surface area contributed by atoms with Crippen LogP contribution < -0.4 is 5.32 Å². The van der Waals surface area contributed by atoms with Crippen LogP contribution >= 0.6 is 0 Å². The fourth-order valence-corrected chi connectivity index (χ4v) is 3.11. The third-order valence-electron chi connectivity index (χ3n) is 4.44. The number of hydrogen-bond donors (Lipinski definition) is 2. The molecule has 0 unspecified atom stereocenters. The largest absolute Gasteiger partial charge is 0.481 e. The normalized spacial score (nSPS) is 24.0. The minimum Gasteiger partial charge on any atom is -0.481 e. The average Bonchev–Trinajstić information content (AvgIpc) is 2.84. The van der Waals surface area contributed by atoms with Gasteiger partial charge in [0.1, 0.15) is 0 Å². The first-order chi connectivity index (χ1) is 10.5. The number of rotatable bonds is 5. The summed E-state index contributed by atoms with van der Waals surface area (Å²) >= 11 is 0. The van der Waals surface area contributed by atoms with Gasteiger partial charge in [0.2, 0.25) is 0 Å². The second-order valence-corrected chi connectivity index (χ2v) is 6.39. The molecule has 5 nitrogen and oxygen atoms in total. The van der Waals surface area contributed by atoms with Crippen LogP contribution in [-0.2, 0) is 18.4 Å². The molecule has 1 saturated carbocycles. The van der Waals surface area contributed by atoms with E-state index in [1.165, 1.54) is 0 Å². The van der Waals surface area contributed by atoms with Crippen molar-refractivity contribution in [2.45, 2.75) is 32.4 Å². The van der Waals surface area contributed by atoms with Crippen molar-refractivity contribution in [3.05, 3.63) is 42.1 Å². The molecule has 1 aromatic heterocycles. The average molecular weight is 299 g/mol. The Kier molecular flexibility index (Phi) is 3.74. The lowest BCUT2D eigenvalue weighted by Gasteiger charge is -2.42. The molecule has 0 amide bonds. The SMILES string of the molecule is Cn1cc(CNC2CC(C)(C(=O)O)C2)c(-c2ccccc2)n1. The number of aromatic nitrogens is 2. The first-order valence-electron chi connectivity index (χ1n) is 7.53. The van der Waals surface area contributed by atoms with Gasteiger partial charge in [0, 0.05) is 37.0 Å². The zero-order valence-electron chi connectivity index (χ0n) is 12.9. The Morgan fingerprint density at radius 1 is 1.41 bits per heavy atom. The first kappa shape index (κ1) is 14.8. The van der Waals surface area contributed by atoms with E-state index in [9.17, 15) is 4.79 Å². The number of carbonyl (C=O) groups is 1. The second kappa shape index (κ2) is 5.57. The van der Waals surface area contributed by atoms with E-state index in [4.69, 9.17) is 5.11 Å². The highest BCUT2D eigenvalue weighted by atomic mass is 16.4. The summed E-state index contributed by atoms with van der Waals surface area (Å²) in [6.07, 6.45) is 3.39. The van der Waals surface area contributed by atoms with E-state index < -0.39 is 11.4 Å². The Morgan fingerprint density at radius 2 is 2.09 bits per heavy atom. The van der Waals surface area contributed by atoms with Gasteiger partial charge in [-0.05, 0) is 19.8 Å². The summed E-state index contributed by atoms with van der Waals surface area (Å²) < 4.78 is 1.82. The van der Waals surface area contributed by atoms with E-state index in [2.05, 4.69) is 22.5 Å². The molecule has 1 fully saturated rings. The Balaban J connectivity index is 1.66. The van der Waals surface area contributed by atoms with E-state index in [0.29, 0.717) is 19.4 Å². The minimum absolute atomic E-state index is 0.268. The van der Waals surface area contributed by atoms with Crippen LogP contribution in [0.1, 0.15) is 25.3 Å². The molecular formula is C17H21N3O2. The van der Waals surface area contributed by atoms with E-state index in [0.717, 1.165) is 16.8 Å². The third-order valence-corrected chi connectivity index (χ3v) is 4.44. The Hall–Kier alpha value is -2.14. The van der Waals surface area contributed by atoms with Crippen molar-refractivity contribution in [3.63, 3.8) is 0 Å². The van der Waals surface area contributed by atoms with Crippen LogP contribution in [0, 0.1) is 5.41 Å². The molecule has 22 heavy (non-hydrogen) atoms. The lowest BCUT2D eigenvalue weighted by molar-refractivity contribution is -0.154. The number of benzene rings is 1. The van der Waals surface area contributed by atoms with Gasteiger partial charge in [0.05, 0.1) is 11.1 Å².